The Hall–Kier alpha value is -0.0800. The lowest BCUT2D eigenvalue weighted by Gasteiger charge is -2.56. The summed E-state index contributed by atoms with van der Waals surface area (Å²) in [5.41, 5.74) is 2.76. The van der Waals surface area contributed by atoms with Gasteiger partial charge in [0.05, 0.1) is 0 Å². The van der Waals surface area contributed by atoms with Crippen LogP contribution in [0, 0.1) is 17.8 Å². The summed E-state index contributed by atoms with van der Waals surface area (Å²) < 4.78 is 0. The van der Waals surface area contributed by atoms with Gasteiger partial charge < -0.3 is 5.21 Å². The van der Waals surface area contributed by atoms with Crippen molar-refractivity contribution >= 4 is 0 Å². The van der Waals surface area contributed by atoms with Crippen molar-refractivity contribution in [2.75, 3.05) is 0 Å². The molecule has 4 aliphatic rings. The molecule has 4 rings (SSSR count). The normalized spacial score (nSPS) is 56.2. The predicted octanol–water partition coefficient (Wildman–Crippen LogP) is 1.93. The maximum absolute atomic E-state index is 9.18. The Bertz CT molecular complexity index is 167. The summed E-state index contributed by atoms with van der Waals surface area (Å²) in [6.07, 6.45) is 8.03. The van der Waals surface area contributed by atoms with E-state index >= 15 is 0 Å². The highest BCUT2D eigenvalue weighted by Crippen LogP contribution is 2.55. The van der Waals surface area contributed by atoms with Crippen LogP contribution < -0.4 is 5.48 Å². The van der Waals surface area contributed by atoms with Crippen LogP contribution in [0.4, 0.5) is 0 Å². The highest BCUT2D eigenvalue weighted by Gasteiger charge is 2.50. The van der Waals surface area contributed by atoms with Gasteiger partial charge in [0.15, 0.2) is 0 Å². The van der Waals surface area contributed by atoms with Gasteiger partial charge in [0, 0.05) is 5.54 Å². The van der Waals surface area contributed by atoms with E-state index in [0.717, 1.165) is 17.8 Å². The van der Waals surface area contributed by atoms with Crippen LogP contribution in [0.25, 0.3) is 0 Å². The van der Waals surface area contributed by atoms with E-state index in [1.807, 2.05) is 0 Å². The lowest BCUT2D eigenvalue weighted by molar-refractivity contribution is -0.0789. The van der Waals surface area contributed by atoms with Crippen LogP contribution in [0.5, 0.6) is 0 Å². The summed E-state index contributed by atoms with van der Waals surface area (Å²) >= 11 is 0. The lowest BCUT2D eigenvalue weighted by Crippen LogP contribution is -2.57. The van der Waals surface area contributed by atoms with Crippen molar-refractivity contribution in [1.82, 2.24) is 5.48 Å². The van der Waals surface area contributed by atoms with Crippen LogP contribution in [-0.2, 0) is 0 Å². The third kappa shape index (κ3) is 0.882. The highest BCUT2D eigenvalue weighted by molar-refractivity contribution is 5.04. The Morgan fingerprint density at radius 3 is 1.67 bits per heavy atom. The zero-order valence-corrected chi connectivity index (χ0v) is 7.42. The van der Waals surface area contributed by atoms with Crippen LogP contribution in [0.1, 0.15) is 38.5 Å². The third-order valence-electron chi connectivity index (χ3n) is 4.28. The molecule has 0 heterocycles. The van der Waals surface area contributed by atoms with E-state index in [-0.39, 0.29) is 5.54 Å². The molecule has 0 amide bonds. The maximum Gasteiger partial charge on any atom is 0.0438 e. The minimum absolute atomic E-state index is 0.148. The van der Waals surface area contributed by atoms with Crippen molar-refractivity contribution in [3.8, 4) is 0 Å². The molecular formula is C10H17NO. The molecule has 2 heteroatoms. The molecule has 0 unspecified atom stereocenters. The SMILES string of the molecule is [18OH]NC12CC3CC(CC(C3)C1)C2. The van der Waals surface area contributed by atoms with Crippen molar-refractivity contribution in [3.63, 3.8) is 0 Å². The van der Waals surface area contributed by atoms with Gasteiger partial charge in [0.2, 0.25) is 0 Å². The van der Waals surface area contributed by atoms with Crippen molar-refractivity contribution in [2.45, 2.75) is 44.1 Å². The average molecular weight is 169 g/mol. The number of nitrogens with one attached hydrogen (secondary N) is 1. The lowest BCUT2D eigenvalue weighted by atomic mass is 9.53. The number of rotatable bonds is 1. The smallest absolute Gasteiger partial charge is 0.0438 e. The Balaban J connectivity index is 1.90. The second kappa shape index (κ2) is 2.24. The van der Waals surface area contributed by atoms with Crippen molar-refractivity contribution in [1.29, 1.82) is 0 Å². The van der Waals surface area contributed by atoms with Gasteiger partial charge >= 0.3 is 0 Å². The molecule has 0 saturated heterocycles. The predicted molar refractivity (Wildman–Crippen MR) is 45.8 cm³/mol. The molecular weight excluding hydrogens is 152 g/mol. The molecule has 0 radical (unpaired) electrons. The Morgan fingerprint density at radius 2 is 1.33 bits per heavy atom. The third-order valence-corrected chi connectivity index (χ3v) is 4.28. The first-order valence-corrected chi connectivity index (χ1v) is 5.21. The van der Waals surface area contributed by atoms with E-state index in [1.54, 1.807) is 0 Å². The molecule has 0 aromatic carbocycles. The van der Waals surface area contributed by atoms with Gasteiger partial charge in [0.1, 0.15) is 0 Å². The molecule has 0 aromatic rings. The van der Waals surface area contributed by atoms with Gasteiger partial charge in [-0.2, -0.15) is 5.48 Å². The molecule has 4 fully saturated rings. The molecule has 12 heavy (non-hydrogen) atoms. The monoisotopic (exact) mass is 169 g/mol. The van der Waals surface area contributed by atoms with Crippen molar-refractivity contribution < 1.29 is 5.21 Å². The van der Waals surface area contributed by atoms with E-state index in [4.69, 9.17) is 0 Å². The molecule has 0 atom stereocenters. The number of hydrogen-bond donors (Lipinski definition) is 2. The van der Waals surface area contributed by atoms with Crippen molar-refractivity contribution in [3.05, 3.63) is 0 Å². The fourth-order valence-electron chi connectivity index (χ4n) is 4.25. The fraction of sp³-hybridized carbons (Fsp3) is 1.00. The molecule has 2 N–H and O–H groups in total. The van der Waals surface area contributed by atoms with Crippen LogP contribution in [0.2, 0.25) is 0 Å². The summed E-state index contributed by atoms with van der Waals surface area (Å²) in [6.45, 7) is 0. The first kappa shape index (κ1) is 7.34. The van der Waals surface area contributed by atoms with E-state index in [9.17, 15) is 5.21 Å². The Labute approximate surface area is 73.3 Å². The number of hydroxylamine groups is 1. The second-order valence-electron chi connectivity index (χ2n) is 5.31. The average Bonchev–Trinajstić information content (AvgIpc) is 2.02. The van der Waals surface area contributed by atoms with Gasteiger partial charge in [-0.1, -0.05) is 0 Å². The van der Waals surface area contributed by atoms with Crippen LogP contribution in [-0.4, -0.2) is 10.7 Å². The second-order valence-corrected chi connectivity index (χ2v) is 5.31. The Morgan fingerprint density at radius 1 is 0.917 bits per heavy atom. The molecule has 0 aromatic heterocycles. The minimum Gasteiger partial charge on any atom is -0.316 e. The van der Waals surface area contributed by atoms with Crippen LogP contribution >= 0.6 is 0 Å². The summed E-state index contributed by atoms with van der Waals surface area (Å²) in [6, 6.07) is 0. The summed E-state index contributed by atoms with van der Waals surface area (Å²) in [5.74, 6) is 2.78. The molecule has 4 saturated carbocycles. The molecule has 4 aliphatic carbocycles. The van der Waals surface area contributed by atoms with Gasteiger partial charge in [-0.05, 0) is 56.3 Å². The minimum atomic E-state index is 0.148. The molecule has 0 spiro atoms. The standard InChI is InChI=1S/C10H17NO/c12-11-10-4-7-1-8(5-10)3-9(2-7)6-10/h7-9,11-12H,1-6H2/i12+2. The van der Waals surface area contributed by atoms with Crippen LogP contribution in [0.3, 0.4) is 0 Å². The van der Waals surface area contributed by atoms with Gasteiger partial charge in [0.25, 0.3) is 0 Å². The molecule has 0 aliphatic heterocycles. The zero-order valence-electron chi connectivity index (χ0n) is 7.42. The van der Waals surface area contributed by atoms with Crippen molar-refractivity contribution in [2.24, 2.45) is 17.8 Å². The molecule has 4 bridgehead atoms. The summed E-state index contributed by atoms with van der Waals surface area (Å²) in [4.78, 5) is 0. The van der Waals surface area contributed by atoms with Crippen LogP contribution in [0.15, 0.2) is 0 Å². The van der Waals surface area contributed by atoms with Gasteiger partial charge in [-0.25, -0.2) is 0 Å². The highest BCUT2D eigenvalue weighted by atomic mass is 18.2. The van der Waals surface area contributed by atoms with Gasteiger partial charge in [-0.15, -0.1) is 0 Å². The molecule has 68 valence electrons. The topological polar surface area (TPSA) is 32.3 Å². The zero-order chi connectivity index (χ0) is 8.18. The fourth-order valence-corrected chi connectivity index (χ4v) is 4.25. The maximum atomic E-state index is 9.18. The first-order valence-electron chi connectivity index (χ1n) is 5.21. The van der Waals surface area contributed by atoms with Gasteiger partial charge in [-0.3, -0.25) is 0 Å². The first-order chi connectivity index (χ1) is 5.80. The quantitative estimate of drug-likeness (QED) is 0.464. The largest absolute Gasteiger partial charge is 0.316 e. The van der Waals surface area contributed by atoms with E-state index in [0.29, 0.717) is 0 Å². The summed E-state index contributed by atoms with van der Waals surface area (Å²) in [7, 11) is 0. The van der Waals surface area contributed by atoms with E-state index in [1.165, 1.54) is 38.5 Å². The Kier molecular flexibility index (Phi) is 1.37. The van der Waals surface area contributed by atoms with E-state index in [2.05, 4.69) is 5.48 Å². The molecule has 2 nitrogen and oxygen atoms in total. The number of hydrogen-bond acceptors (Lipinski definition) is 2. The van der Waals surface area contributed by atoms with E-state index < -0.39 is 0 Å². The summed E-state index contributed by atoms with van der Waals surface area (Å²) in [5, 5.41) is 9.18.